The molecule has 3 aliphatic carbocycles. The summed E-state index contributed by atoms with van der Waals surface area (Å²) in [6.45, 7) is 40.1. The number of rotatable bonds is 24. The quantitative estimate of drug-likeness (QED) is 0.0332. The highest BCUT2D eigenvalue weighted by Gasteiger charge is 2.35. The highest BCUT2D eigenvalue weighted by atomic mass is 32.2. The summed E-state index contributed by atoms with van der Waals surface area (Å²) >= 11 is 11.9. The number of aromatic nitrogens is 8. The number of pyridine rings is 2. The molecule has 144 heavy (non-hydrogen) atoms. The van der Waals surface area contributed by atoms with Crippen molar-refractivity contribution in [2.75, 3.05) is 0 Å². The molecule has 3 aliphatic rings. The predicted octanol–water partition coefficient (Wildman–Crippen LogP) is 33.8. The van der Waals surface area contributed by atoms with Crippen LogP contribution in [-0.2, 0) is 67.0 Å². The molecule has 20 heteroatoms. The van der Waals surface area contributed by atoms with Gasteiger partial charge in [-0.1, -0.05) is 299 Å². The van der Waals surface area contributed by atoms with E-state index >= 15 is 0 Å². The Morgan fingerprint density at radius 1 is 0.236 bits per heavy atom. The molecular weight excluding hydrogens is 1890 g/mol. The van der Waals surface area contributed by atoms with Crippen LogP contribution in [0.25, 0.3) is 78.2 Å². The van der Waals surface area contributed by atoms with Crippen molar-refractivity contribution in [3.8, 4) is 91.2 Å². The van der Waals surface area contributed by atoms with Crippen molar-refractivity contribution >= 4 is 92.1 Å². The van der Waals surface area contributed by atoms with Gasteiger partial charge in [-0.05, 0) is 199 Å². The first-order valence-electron chi connectivity index (χ1n) is 52.1. The minimum atomic E-state index is -0.0808. The highest BCUT2D eigenvalue weighted by molar-refractivity contribution is 8.04. The fourth-order valence-electron chi connectivity index (χ4n) is 19.5. The van der Waals surface area contributed by atoms with Crippen LogP contribution in [0.4, 0.5) is 0 Å². The predicted molar refractivity (Wildman–Crippen MR) is 617 cm³/mol. The minimum absolute atomic E-state index is 0.0486. The standard InChI is InChI=1S/C46H54N2O2S2.C40H50N2O2S2.C38H48N4O2S2/c1-45(2,3)37-21-35(43(49)39(23-37)47-25-31-15-11-12-16-32(31)26-47)29-51-41-19-9-7-8-10-20-42(41)52-30-36-22-38(46(4,5)6)24-40(44(36)50)48-27-33-17-13-14-18-34(33)28-48;1-39(2,3)29-21-27(37(43)31(23-29)33-15-11-13-19-41-33)25-45-35-17-9-7-8-10-18-36(35)46-26-28-22-30(40(4,5)6)24-32(38(28)44)34-16-12-14-20-42-34;1-37(2,3)27-19-25(33(43)29(21-27)35-39-15-11-16-40-35)23-45-31-13-9-7-8-10-14-32(31)46-24-26-20-28(38(4,5)6)22-30(34(26)44)36-41-17-12-18-42-36/h11-18,21-28,41-42,49-50H,7-10,19-20,29-30H2,1-6H3;11-16,19-24,35-36,43-44H,7-10,17-18,25-26H2,1-6H3;11-12,15-22,31-32,43-44H,7-10,13-14,23-24H2,1-6H3/t41-,42?;35-,36?;31-,32?/m000/s1. The summed E-state index contributed by atoms with van der Waals surface area (Å²) in [5.41, 5.74) is 19.0. The lowest BCUT2D eigenvalue weighted by atomic mass is 9.84. The second kappa shape index (κ2) is 48.0. The number of hydrogen-bond acceptors (Lipinski definition) is 18. The first-order valence-corrected chi connectivity index (χ1v) is 58.4. The van der Waals surface area contributed by atoms with Crippen LogP contribution in [-0.4, -0.2) is 101 Å². The Bertz CT molecular complexity index is 5920. The molecule has 8 aromatic carbocycles. The smallest absolute Gasteiger partial charge is 0.162 e. The minimum Gasteiger partial charge on any atom is -0.507 e. The molecule has 0 radical (unpaired) electrons. The molecule has 0 bridgehead atoms. The molecule has 6 N–H and O–H groups in total. The van der Waals surface area contributed by atoms with Crippen LogP contribution < -0.4 is 0 Å². The lowest BCUT2D eigenvalue weighted by Gasteiger charge is -2.30. The fraction of sp³-hybridized carbons (Fsp3) is 0.435. The Balaban J connectivity index is 0.000000163. The molecule has 6 aromatic heterocycles. The maximum atomic E-state index is 11.8. The zero-order chi connectivity index (χ0) is 102. The van der Waals surface area contributed by atoms with E-state index in [1.807, 2.05) is 119 Å². The van der Waals surface area contributed by atoms with Crippen molar-refractivity contribution < 1.29 is 30.6 Å². The van der Waals surface area contributed by atoms with Crippen molar-refractivity contribution in [1.82, 2.24) is 39.0 Å². The zero-order valence-electron chi connectivity index (χ0n) is 88.1. The van der Waals surface area contributed by atoms with Gasteiger partial charge in [0.25, 0.3) is 0 Å². The average Bonchev–Trinajstić information content (AvgIpc) is 1.60. The molecule has 17 rings (SSSR count). The van der Waals surface area contributed by atoms with Crippen molar-refractivity contribution in [1.29, 1.82) is 0 Å². The number of aromatic hydroxyl groups is 6. The second-order valence-electron chi connectivity index (χ2n) is 45.9. The molecule has 14 aromatic rings. The Kier molecular flexibility index (Phi) is 36.1. The lowest BCUT2D eigenvalue weighted by molar-refractivity contribution is 0.465. The third kappa shape index (κ3) is 28.0. The molecule has 6 atom stereocenters. The van der Waals surface area contributed by atoms with Crippen molar-refractivity contribution in [2.24, 2.45) is 0 Å². The molecule has 3 fully saturated rings. The Morgan fingerprint density at radius 3 is 0.674 bits per heavy atom. The van der Waals surface area contributed by atoms with E-state index < -0.39 is 0 Å². The number of fused-ring (bicyclic) bond motifs is 2. The molecule has 760 valence electrons. The van der Waals surface area contributed by atoms with Gasteiger partial charge in [0.2, 0.25) is 0 Å². The van der Waals surface area contributed by atoms with Gasteiger partial charge in [0.15, 0.2) is 11.6 Å². The number of phenols is 6. The van der Waals surface area contributed by atoms with Crippen LogP contribution in [0.1, 0.15) is 307 Å². The topological polar surface area (TPSA) is 209 Å². The Labute approximate surface area is 883 Å². The molecule has 6 heterocycles. The molecule has 14 nitrogen and oxygen atoms in total. The second-order valence-corrected chi connectivity index (χ2v) is 53.2. The number of thioether (sulfide) groups is 6. The van der Waals surface area contributed by atoms with Crippen LogP contribution in [0.15, 0.2) is 232 Å². The van der Waals surface area contributed by atoms with E-state index in [-0.39, 0.29) is 44.0 Å². The van der Waals surface area contributed by atoms with E-state index in [1.165, 1.54) is 158 Å². The molecular formula is C124H152N8O6S6. The van der Waals surface area contributed by atoms with Crippen LogP contribution in [0.5, 0.6) is 34.5 Å². The van der Waals surface area contributed by atoms with Gasteiger partial charge in [-0.3, -0.25) is 9.97 Å². The molecule has 0 amide bonds. The normalized spacial score (nSPS) is 17.7. The third-order valence-corrected chi connectivity index (χ3v) is 37.9. The van der Waals surface area contributed by atoms with Crippen LogP contribution in [0.3, 0.4) is 0 Å². The summed E-state index contributed by atoms with van der Waals surface area (Å²) in [5.74, 6) is 7.59. The highest BCUT2D eigenvalue weighted by Crippen LogP contribution is 2.51. The van der Waals surface area contributed by atoms with Gasteiger partial charge in [-0.15, -0.1) is 0 Å². The largest absolute Gasteiger partial charge is 0.507 e. The maximum Gasteiger partial charge on any atom is 0.162 e. The van der Waals surface area contributed by atoms with E-state index in [1.54, 1.807) is 49.3 Å². The van der Waals surface area contributed by atoms with E-state index in [0.29, 0.717) is 77.3 Å². The summed E-state index contributed by atoms with van der Waals surface area (Å²) < 4.78 is 4.20. The summed E-state index contributed by atoms with van der Waals surface area (Å²) in [5, 5.41) is 77.1. The van der Waals surface area contributed by atoms with E-state index in [2.05, 4.69) is 298 Å². The molecule has 0 spiro atoms. The summed E-state index contributed by atoms with van der Waals surface area (Å²) in [6, 6.07) is 57.9. The van der Waals surface area contributed by atoms with Crippen molar-refractivity contribution in [2.45, 2.75) is 339 Å². The number of nitrogens with zero attached hydrogens (tertiary/aromatic N) is 8. The van der Waals surface area contributed by atoms with Crippen LogP contribution >= 0.6 is 70.6 Å². The van der Waals surface area contributed by atoms with Crippen LogP contribution in [0, 0.1) is 0 Å². The summed E-state index contributed by atoms with van der Waals surface area (Å²) in [6.07, 6.45) is 41.0. The van der Waals surface area contributed by atoms with Crippen molar-refractivity contribution in [3.63, 3.8) is 0 Å². The van der Waals surface area contributed by atoms with Gasteiger partial charge in [-0.25, -0.2) is 19.9 Å². The number of benzene rings is 8. The number of hydrogen-bond donors (Lipinski definition) is 6. The lowest BCUT2D eigenvalue weighted by Crippen LogP contribution is -2.22. The van der Waals surface area contributed by atoms with Gasteiger partial charge in [0, 0.05) is 172 Å². The summed E-state index contributed by atoms with van der Waals surface area (Å²) in [7, 11) is 0. The number of phenolic OH excluding ortho intramolecular Hbond substituents is 6. The monoisotopic (exact) mass is 2040 g/mol. The zero-order valence-corrected chi connectivity index (χ0v) is 93.0. The van der Waals surface area contributed by atoms with E-state index in [0.717, 1.165) is 115 Å². The molecule has 3 saturated carbocycles. The SMILES string of the molecule is CC(C)(C)c1cc(CSC2CCCCCC[C@@H]2SCc2cc(C(C)(C)C)cc(-c3ccccn3)c2O)c(O)c(-c2ccccn2)c1.CC(C)(C)c1cc(CSC2CCCCCC[C@@H]2SCc2cc(C(C)(C)C)cc(-c3ncccn3)c2O)c(O)c(-c2ncccn2)c1.CC(C)(C)c1cc(CSC2CCCCCC[C@@H]2SCc2cc(C(C)(C)C)cc(-n3cc4ccccc4c3)c2O)c(O)c(-n2cc3ccccc3c2)c1. The van der Waals surface area contributed by atoms with E-state index in [9.17, 15) is 30.6 Å². The fourth-order valence-corrected chi connectivity index (χ4v) is 28.7. The van der Waals surface area contributed by atoms with Gasteiger partial charge in [0.1, 0.15) is 34.5 Å². The van der Waals surface area contributed by atoms with Gasteiger partial charge in [0.05, 0.1) is 33.9 Å². The van der Waals surface area contributed by atoms with Gasteiger partial charge < -0.3 is 39.8 Å². The van der Waals surface area contributed by atoms with Crippen LogP contribution in [0.2, 0.25) is 0 Å². The average molecular weight is 2040 g/mol. The Hall–Kier alpha value is -9.80. The summed E-state index contributed by atoms with van der Waals surface area (Å²) in [4.78, 5) is 27.0. The van der Waals surface area contributed by atoms with Crippen molar-refractivity contribution in [3.05, 3.63) is 299 Å². The molecule has 0 saturated heterocycles. The van der Waals surface area contributed by atoms with Gasteiger partial charge >= 0.3 is 0 Å². The first-order chi connectivity index (χ1) is 68.7. The molecule has 3 unspecified atom stereocenters. The Morgan fingerprint density at radius 2 is 0.444 bits per heavy atom. The third-order valence-electron chi connectivity index (χ3n) is 28.6. The van der Waals surface area contributed by atoms with Gasteiger partial charge in [-0.2, -0.15) is 70.6 Å². The maximum absolute atomic E-state index is 11.8. The van der Waals surface area contributed by atoms with E-state index in [4.69, 9.17) is 0 Å². The molecule has 0 aliphatic heterocycles. The first kappa shape index (κ1) is 108.